The van der Waals surface area contributed by atoms with Gasteiger partial charge in [-0.3, -0.25) is 4.79 Å². The number of ether oxygens (including phenoxy) is 1. The molecule has 5 aromatic rings. The number of nitrogens with zero attached hydrogens (tertiary/aromatic N) is 2. The summed E-state index contributed by atoms with van der Waals surface area (Å²) < 4.78 is 16.6. The van der Waals surface area contributed by atoms with E-state index in [2.05, 4.69) is 20.3 Å². The molecule has 0 aliphatic carbocycles. The monoisotopic (exact) mass is 506 g/mol. The van der Waals surface area contributed by atoms with E-state index in [1.165, 1.54) is 23.1 Å². The number of aromatic amines is 1. The Hall–Kier alpha value is -3.76. The van der Waals surface area contributed by atoms with Crippen LogP contribution in [0.25, 0.3) is 34.2 Å². The van der Waals surface area contributed by atoms with Crippen molar-refractivity contribution in [3.8, 4) is 39.9 Å². The molecule has 10 heteroatoms. The lowest BCUT2D eigenvalue weighted by molar-refractivity contribution is -0.115. The molecular formula is C25H22N4O4S2. The number of thiazole rings is 1. The number of hydrogen-bond donors (Lipinski definition) is 2. The molecule has 1 amide bonds. The summed E-state index contributed by atoms with van der Waals surface area (Å²) in [5.74, 6) is 1.89. The van der Waals surface area contributed by atoms with Gasteiger partial charge in [-0.05, 0) is 62.4 Å². The fraction of sp³-hybridized carbons (Fsp3) is 0.160. The first-order chi connectivity index (χ1) is 17.1. The fourth-order valence-electron chi connectivity index (χ4n) is 3.38. The van der Waals surface area contributed by atoms with Gasteiger partial charge < -0.3 is 23.9 Å². The molecule has 0 bridgehead atoms. The topological polar surface area (TPSA) is 106 Å². The Kier molecular flexibility index (Phi) is 6.73. The molecule has 0 radical (unpaired) electrons. The molecular weight excluding hydrogens is 484 g/mol. The van der Waals surface area contributed by atoms with E-state index in [9.17, 15) is 4.79 Å². The lowest BCUT2D eigenvalue weighted by Gasteiger charge is -2.08. The first-order valence-corrected chi connectivity index (χ1v) is 12.7. The van der Waals surface area contributed by atoms with E-state index in [0.717, 1.165) is 17.0 Å². The number of anilines is 1. The lowest BCUT2D eigenvalue weighted by atomic mass is 10.2. The van der Waals surface area contributed by atoms with Crippen molar-refractivity contribution in [3.63, 3.8) is 0 Å². The first-order valence-electron chi connectivity index (χ1n) is 10.9. The van der Waals surface area contributed by atoms with Gasteiger partial charge in [0.2, 0.25) is 5.91 Å². The van der Waals surface area contributed by atoms with Gasteiger partial charge in [0.05, 0.1) is 30.1 Å². The molecule has 4 aromatic heterocycles. The summed E-state index contributed by atoms with van der Waals surface area (Å²) in [6.45, 7) is 4.39. The molecule has 0 saturated carbocycles. The molecule has 35 heavy (non-hydrogen) atoms. The van der Waals surface area contributed by atoms with Crippen LogP contribution in [0.3, 0.4) is 0 Å². The van der Waals surface area contributed by atoms with Crippen molar-refractivity contribution in [3.05, 3.63) is 66.4 Å². The Labute approximate surface area is 209 Å². The second-order valence-electron chi connectivity index (χ2n) is 7.46. The molecule has 0 aliphatic heterocycles. The van der Waals surface area contributed by atoms with E-state index in [1.54, 1.807) is 24.7 Å². The normalized spacial score (nSPS) is 11.9. The summed E-state index contributed by atoms with van der Waals surface area (Å²) in [6.07, 6.45) is 3.19. The third kappa shape index (κ3) is 5.18. The minimum Gasteiger partial charge on any atom is -0.494 e. The van der Waals surface area contributed by atoms with Crippen LogP contribution in [0.15, 0.2) is 80.4 Å². The van der Waals surface area contributed by atoms with Crippen LogP contribution in [0.1, 0.15) is 13.8 Å². The Bertz CT molecular complexity index is 1340. The molecule has 0 aliphatic rings. The van der Waals surface area contributed by atoms with E-state index in [-0.39, 0.29) is 5.91 Å². The first kappa shape index (κ1) is 23.0. The molecule has 1 unspecified atom stereocenters. The number of hydrogen-bond acceptors (Lipinski definition) is 8. The summed E-state index contributed by atoms with van der Waals surface area (Å²) >= 11 is 2.69. The summed E-state index contributed by atoms with van der Waals surface area (Å²) in [5.41, 5.74) is 3.07. The number of H-pyrrole nitrogens is 1. The van der Waals surface area contributed by atoms with E-state index in [1.807, 2.05) is 55.6 Å². The van der Waals surface area contributed by atoms with Crippen LogP contribution in [0.2, 0.25) is 0 Å². The predicted molar refractivity (Wildman–Crippen MR) is 137 cm³/mol. The van der Waals surface area contributed by atoms with Crippen molar-refractivity contribution >= 4 is 34.1 Å². The van der Waals surface area contributed by atoms with Gasteiger partial charge >= 0.3 is 0 Å². The van der Waals surface area contributed by atoms with Gasteiger partial charge in [-0.15, -0.1) is 11.3 Å². The van der Waals surface area contributed by atoms with Crippen molar-refractivity contribution in [2.24, 2.45) is 0 Å². The van der Waals surface area contributed by atoms with Crippen molar-refractivity contribution in [1.29, 1.82) is 0 Å². The summed E-state index contributed by atoms with van der Waals surface area (Å²) in [4.78, 5) is 25.3. The Morgan fingerprint density at radius 2 is 1.86 bits per heavy atom. The average molecular weight is 507 g/mol. The van der Waals surface area contributed by atoms with E-state index in [4.69, 9.17) is 13.6 Å². The van der Waals surface area contributed by atoms with Crippen LogP contribution >= 0.6 is 23.1 Å². The van der Waals surface area contributed by atoms with E-state index < -0.39 is 5.25 Å². The van der Waals surface area contributed by atoms with E-state index in [0.29, 0.717) is 39.8 Å². The zero-order valence-electron chi connectivity index (χ0n) is 19.0. The molecule has 1 aromatic carbocycles. The largest absolute Gasteiger partial charge is 0.494 e. The predicted octanol–water partition coefficient (Wildman–Crippen LogP) is 6.57. The van der Waals surface area contributed by atoms with E-state index >= 15 is 0 Å². The van der Waals surface area contributed by atoms with Gasteiger partial charge in [0.15, 0.2) is 21.8 Å². The van der Waals surface area contributed by atoms with Crippen molar-refractivity contribution in [1.82, 2.24) is 15.0 Å². The molecule has 4 heterocycles. The Morgan fingerprint density at radius 1 is 1.11 bits per heavy atom. The van der Waals surface area contributed by atoms with Crippen molar-refractivity contribution < 1.29 is 18.4 Å². The number of amides is 1. The molecule has 178 valence electrons. The van der Waals surface area contributed by atoms with Crippen molar-refractivity contribution in [2.75, 3.05) is 11.9 Å². The maximum atomic E-state index is 12.9. The molecule has 5 rings (SSSR count). The highest BCUT2D eigenvalue weighted by molar-refractivity contribution is 8.00. The number of aromatic nitrogens is 3. The third-order valence-electron chi connectivity index (χ3n) is 5.06. The van der Waals surface area contributed by atoms with Crippen LogP contribution in [0.5, 0.6) is 5.75 Å². The molecule has 2 N–H and O–H groups in total. The van der Waals surface area contributed by atoms with Gasteiger partial charge in [0, 0.05) is 10.9 Å². The van der Waals surface area contributed by atoms with Crippen LogP contribution < -0.4 is 10.1 Å². The maximum Gasteiger partial charge on any atom is 0.239 e. The minimum atomic E-state index is -0.423. The quantitative estimate of drug-likeness (QED) is 0.218. The molecule has 8 nitrogen and oxygen atoms in total. The number of carbonyl (C=O) groups is 1. The number of benzene rings is 1. The number of nitrogens with one attached hydrogen (secondary N) is 2. The van der Waals surface area contributed by atoms with Crippen LogP contribution in [-0.2, 0) is 4.79 Å². The van der Waals surface area contributed by atoms with Crippen molar-refractivity contribution in [2.45, 2.75) is 24.3 Å². The van der Waals surface area contributed by atoms with Gasteiger partial charge in [0.25, 0.3) is 0 Å². The van der Waals surface area contributed by atoms with Gasteiger partial charge in [-0.2, -0.15) is 0 Å². The fourth-order valence-corrected chi connectivity index (χ4v) is 4.91. The second kappa shape index (κ2) is 10.2. The molecule has 1 atom stereocenters. The molecule has 0 saturated heterocycles. The number of carbonyl (C=O) groups excluding carboxylic acids is 1. The smallest absolute Gasteiger partial charge is 0.239 e. The second-order valence-corrected chi connectivity index (χ2v) is 9.65. The number of rotatable bonds is 9. The molecule has 0 spiro atoms. The highest BCUT2D eigenvalue weighted by Crippen LogP contribution is 2.34. The number of thioether (sulfide) groups is 1. The number of furan rings is 2. The summed E-state index contributed by atoms with van der Waals surface area (Å²) in [6, 6.07) is 15.0. The van der Waals surface area contributed by atoms with Crippen LogP contribution in [0.4, 0.5) is 5.13 Å². The zero-order chi connectivity index (χ0) is 24.2. The average Bonchev–Trinajstić information content (AvgIpc) is 3.67. The Balaban J connectivity index is 1.27. The van der Waals surface area contributed by atoms with Crippen LogP contribution in [-0.4, -0.2) is 32.7 Å². The number of imidazole rings is 1. The SMILES string of the molecule is CCOc1ccc(-c2csc(NC(=O)C(C)Sc3nc(-c4ccco4)c(-c4ccco4)[nH]3)n2)cc1. The van der Waals surface area contributed by atoms with Gasteiger partial charge in [0.1, 0.15) is 17.1 Å². The van der Waals surface area contributed by atoms with Crippen LogP contribution in [0, 0.1) is 0 Å². The summed E-state index contributed by atoms with van der Waals surface area (Å²) in [5, 5.41) is 5.52. The van der Waals surface area contributed by atoms with Gasteiger partial charge in [-0.1, -0.05) is 11.8 Å². The minimum absolute atomic E-state index is 0.168. The Morgan fingerprint density at radius 3 is 2.54 bits per heavy atom. The molecule has 0 fully saturated rings. The third-order valence-corrected chi connectivity index (χ3v) is 6.80. The summed E-state index contributed by atoms with van der Waals surface area (Å²) in [7, 11) is 0. The van der Waals surface area contributed by atoms with Gasteiger partial charge in [-0.25, -0.2) is 9.97 Å². The standard InChI is InChI=1S/C25H22N4O4S2/c1-3-31-17-10-8-16(9-11-17)18-14-34-24(26-18)29-23(30)15(2)35-25-27-21(19-6-4-12-32-19)22(28-25)20-7-5-13-33-20/h4-15H,3H2,1-2H3,(H,27,28)(H,26,29,30). The highest BCUT2D eigenvalue weighted by atomic mass is 32.2. The highest BCUT2D eigenvalue weighted by Gasteiger charge is 2.22. The maximum absolute atomic E-state index is 12.9. The lowest BCUT2D eigenvalue weighted by Crippen LogP contribution is -2.22. The zero-order valence-corrected chi connectivity index (χ0v) is 20.6.